The van der Waals surface area contributed by atoms with Crippen molar-refractivity contribution in [1.82, 2.24) is 9.13 Å². The van der Waals surface area contributed by atoms with Crippen LogP contribution >= 0.6 is 0 Å². The van der Waals surface area contributed by atoms with Crippen LogP contribution in [0.1, 0.15) is 188 Å². The first-order valence-electron chi connectivity index (χ1n) is 41.0. The maximum Gasteiger partial charge on any atom is 0.242 e. The summed E-state index contributed by atoms with van der Waals surface area (Å²) >= 11 is 0. The largest absolute Gasteiger partial charge is 0.454 e. The minimum absolute atomic E-state index is 0.00442. The molecular weight excluding hydrogens is 1260 g/mol. The van der Waals surface area contributed by atoms with Crippen LogP contribution in [0.3, 0.4) is 0 Å². The SMILES string of the molecule is [2H]c1c([2H])c([2H])c2c(c1[2H])c1c([2H])c([2H])c([2H])c([2H])c1n2-c1cccc2c1oc1c(C3c4cc(-n5c6ccc(C(C)(C)C)cc6c6cc(C(C)(C)C)ccc65)ccc4B4c5ccc(-c6cccc(C(C)(C)C)c6)cc5C(c5c(-c6ccccc6)cc(C(C)(C)C)cc5-c5ccccc5)c5cc(C(C)(C)C)cc3c54)cccc12. The highest BCUT2D eigenvalue weighted by Gasteiger charge is 2.47. The number of benzene rings is 13. The van der Waals surface area contributed by atoms with Crippen LogP contribution in [0.25, 0.3) is 110 Å². The molecule has 510 valence electrons. The second-order valence-corrected chi connectivity index (χ2v) is 34.6. The van der Waals surface area contributed by atoms with E-state index in [1.165, 1.54) is 82.8 Å². The molecule has 0 radical (unpaired) electrons. The van der Waals surface area contributed by atoms with Crippen molar-refractivity contribution in [3.8, 4) is 44.8 Å². The van der Waals surface area contributed by atoms with Gasteiger partial charge in [-0.25, -0.2) is 0 Å². The first kappa shape index (κ1) is 56.8. The Hall–Kier alpha value is -10.7. The molecule has 18 rings (SSSR count). The summed E-state index contributed by atoms with van der Waals surface area (Å²) in [5, 5.41) is 3.95. The molecule has 0 saturated heterocycles. The lowest BCUT2D eigenvalue weighted by molar-refractivity contribution is 0.587. The van der Waals surface area contributed by atoms with Crippen LogP contribution in [0.15, 0.2) is 271 Å². The highest BCUT2D eigenvalue weighted by Crippen LogP contribution is 2.52. The third-order valence-electron chi connectivity index (χ3n) is 22.9. The number of furan rings is 1. The van der Waals surface area contributed by atoms with Crippen LogP contribution in [0.5, 0.6) is 0 Å². The zero-order valence-electron chi connectivity index (χ0n) is 70.3. The molecule has 0 bridgehead atoms. The van der Waals surface area contributed by atoms with Crippen molar-refractivity contribution in [2.24, 2.45) is 0 Å². The molecule has 2 unspecified atom stereocenters. The van der Waals surface area contributed by atoms with E-state index in [0.717, 1.165) is 66.4 Å². The zero-order chi connectivity index (χ0) is 78.8. The van der Waals surface area contributed by atoms with E-state index in [0.29, 0.717) is 16.9 Å². The smallest absolute Gasteiger partial charge is 0.242 e. The highest BCUT2D eigenvalue weighted by atomic mass is 16.3. The van der Waals surface area contributed by atoms with Crippen LogP contribution in [0, 0.1) is 0 Å². The first-order valence-corrected chi connectivity index (χ1v) is 37.0. The number of nitrogens with zero attached hydrogens (tertiary/aromatic N) is 2. The lowest BCUT2D eigenvalue weighted by Crippen LogP contribution is -2.62. The Morgan fingerprint density at radius 3 is 1.36 bits per heavy atom. The minimum Gasteiger partial charge on any atom is -0.454 e. The molecule has 2 aliphatic heterocycles. The van der Waals surface area contributed by atoms with Crippen LogP contribution in [0.2, 0.25) is 0 Å². The third-order valence-corrected chi connectivity index (χ3v) is 22.9. The van der Waals surface area contributed by atoms with Gasteiger partial charge in [0.15, 0.2) is 5.58 Å². The molecule has 13 aromatic carbocycles. The Kier molecular flexibility index (Phi) is 12.8. The van der Waals surface area contributed by atoms with Crippen molar-refractivity contribution in [3.05, 3.63) is 328 Å². The maximum atomic E-state index is 9.64. The molecule has 2 atom stereocenters. The van der Waals surface area contributed by atoms with Crippen molar-refractivity contribution in [1.29, 1.82) is 0 Å². The predicted octanol–water partition coefficient (Wildman–Crippen LogP) is 24.8. The molecule has 0 spiro atoms. The van der Waals surface area contributed by atoms with E-state index in [2.05, 4.69) is 309 Å². The molecular formula is C100H91BN2O. The summed E-state index contributed by atoms with van der Waals surface area (Å²) in [4.78, 5) is 0. The molecule has 5 heterocycles. The van der Waals surface area contributed by atoms with E-state index in [9.17, 15) is 5.48 Å². The molecule has 3 aromatic heterocycles. The summed E-state index contributed by atoms with van der Waals surface area (Å²) < 4.78 is 86.0. The second kappa shape index (κ2) is 23.4. The number of hydrogen-bond donors (Lipinski definition) is 0. The van der Waals surface area contributed by atoms with Crippen molar-refractivity contribution in [2.75, 3.05) is 0 Å². The van der Waals surface area contributed by atoms with Crippen molar-refractivity contribution >= 4 is 88.7 Å². The summed E-state index contributed by atoms with van der Waals surface area (Å²) in [6.07, 6.45) is 0. The monoisotopic (exact) mass is 1350 g/mol. The third kappa shape index (κ3) is 10.4. The van der Waals surface area contributed by atoms with Gasteiger partial charge in [0.25, 0.3) is 0 Å². The second-order valence-electron chi connectivity index (χ2n) is 34.6. The van der Waals surface area contributed by atoms with Gasteiger partial charge in [-0.05, 0) is 171 Å². The Morgan fingerprint density at radius 1 is 0.317 bits per heavy atom. The van der Waals surface area contributed by atoms with Gasteiger partial charge in [0.05, 0.1) is 38.7 Å². The van der Waals surface area contributed by atoms with Gasteiger partial charge in [0.2, 0.25) is 6.71 Å². The molecule has 0 amide bonds. The van der Waals surface area contributed by atoms with Gasteiger partial charge < -0.3 is 13.6 Å². The Labute approximate surface area is 625 Å². The summed E-state index contributed by atoms with van der Waals surface area (Å²) in [5.41, 5.74) is 27.5. The average Bonchev–Trinajstić information content (AvgIpc) is 0.829. The van der Waals surface area contributed by atoms with Gasteiger partial charge in [-0.3, -0.25) is 0 Å². The molecule has 0 fully saturated rings. The zero-order valence-corrected chi connectivity index (χ0v) is 62.3. The fourth-order valence-corrected chi connectivity index (χ4v) is 17.3. The van der Waals surface area contributed by atoms with E-state index in [-0.39, 0.29) is 73.6 Å². The number of hydrogen-bond acceptors (Lipinski definition) is 1. The fourth-order valence-electron chi connectivity index (χ4n) is 17.3. The summed E-state index contributed by atoms with van der Waals surface area (Å²) in [6.45, 7) is 34.3. The Balaban J connectivity index is 0.998. The van der Waals surface area contributed by atoms with Crippen LogP contribution in [0.4, 0.5) is 0 Å². The predicted molar refractivity (Wildman–Crippen MR) is 445 cm³/mol. The van der Waals surface area contributed by atoms with Gasteiger partial charge in [-0.2, -0.15) is 0 Å². The molecule has 2 aliphatic rings. The van der Waals surface area contributed by atoms with Crippen LogP contribution in [-0.2, 0) is 27.1 Å². The van der Waals surface area contributed by atoms with Crippen LogP contribution in [-0.4, -0.2) is 15.8 Å². The molecule has 104 heavy (non-hydrogen) atoms. The number of fused-ring (bicyclic) bond motifs is 13. The minimum atomic E-state index is -0.498. The van der Waals surface area contributed by atoms with Gasteiger partial charge in [0.1, 0.15) is 5.58 Å². The van der Waals surface area contributed by atoms with Crippen molar-refractivity contribution in [2.45, 2.75) is 143 Å². The van der Waals surface area contributed by atoms with E-state index >= 15 is 0 Å². The Bertz CT molecular complexity index is 6490. The molecule has 4 heteroatoms. The van der Waals surface area contributed by atoms with E-state index < -0.39 is 42.2 Å². The maximum absolute atomic E-state index is 9.64. The van der Waals surface area contributed by atoms with Gasteiger partial charge in [-0.1, -0.05) is 332 Å². The first-order chi connectivity index (χ1) is 53.1. The van der Waals surface area contributed by atoms with E-state index in [1.54, 1.807) is 4.57 Å². The molecule has 16 aromatic rings. The van der Waals surface area contributed by atoms with Crippen molar-refractivity contribution in [3.63, 3.8) is 0 Å². The normalized spacial score (nSPS) is 15.9. The molecule has 3 nitrogen and oxygen atoms in total. The topological polar surface area (TPSA) is 23.0 Å². The molecule has 0 saturated carbocycles. The lowest BCUT2D eigenvalue weighted by atomic mass is 9.28. The van der Waals surface area contributed by atoms with Crippen molar-refractivity contribution < 1.29 is 15.4 Å². The summed E-state index contributed by atoms with van der Waals surface area (Å²) in [6, 6.07) is 78.8. The Morgan fingerprint density at radius 2 is 0.788 bits per heavy atom. The van der Waals surface area contributed by atoms with Crippen LogP contribution < -0.4 is 16.4 Å². The fraction of sp³-hybridized carbons (Fsp3) is 0.220. The summed E-state index contributed by atoms with van der Waals surface area (Å²) in [5.74, 6) is -0.830. The van der Waals surface area contributed by atoms with E-state index in [1.807, 2.05) is 18.2 Å². The van der Waals surface area contributed by atoms with Gasteiger partial charge >= 0.3 is 0 Å². The van der Waals surface area contributed by atoms with E-state index in [4.69, 9.17) is 9.90 Å². The summed E-state index contributed by atoms with van der Waals surface area (Å²) in [7, 11) is 0. The average molecular weight is 1360 g/mol. The number of rotatable bonds is 7. The molecule has 0 N–H and O–H groups in total. The molecule has 0 aliphatic carbocycles. The number of aromatic nitrogens is 2. The van der Waals surface area contributed by atoms with Gasteiger partial charge in [0, 0.05) is 55.4 Å². The highest BCUT2D eigenvalue weighted by molar-refractivity contribution is 6.97. The quantitative estimate of drug-likeness (QED) is 0.146. The van der Waals surface area contributed by atoms with Gasteiger partial charge in [-0.15, -0.1) is 0 Å². The number of para-hydroxylation sites is 4. The lowest BCUT2D eigenvalue weighted by Gasteiger charge is -2.43. The standard InChI is InChI=1S/C100H91BN2O/c1-96(2,3)64-34-26-33-62(51-64)63-43-47-83-79(52-63)92(91-75(60-29-18-16-19-30-60)55-67(99(10,11)12)56-76(91)61-31-20-17-21-32-61)82-58-68(100(13,14)15)57-81-90(74-39-27-37-72-73-38-28-42-89(95(73)104-94(72)74)103-85-40-24-22-35-70(85)71-36-23-25-41-86(71)103)80-59-69(46-48-84(80)101(83)93(81)82)102-87-49-44-65(97(4,5)6)53-77(87)78-54-66(98(7,8)9)45-50-88(78)102/h16-59,90,92H,1-15H3/i22D,23D,24D,25D,35D,36D,40D,41D.